The molecule has 0 saturated carbocycles. The molecule has 1 heterocycles. The average Bonchev–Trinajstić information content (AvgIpc) is 2.17. The Morgan fingerprint density at radius 2 is 1.80 bits per heavy atom. The molecule has 0 bridgehead atoms. The number of benzene rings is 1. The van der Waals surface area contributed by atoms with Crippen molar-refractivity contribution in [2.45, 2.75) is 0 Å². The van der Waals surface area contributed by atoms with E-state index in [1.165, 1.54) is 0 Å². The van der Waals surface area contributed by atoms with E-state index in [1.807, 2.05) is 24.3 Å². The van der Waals surface area contributed by atoms with Crippen molar-refractivity contribution >= 4 is 29.1 Å². The number of rotatable bonds is 1. The maximum absolute atomic E-state index is 10.6. The van der Waals surface area contributed by atoms with Crippen LogP contribution in [0.3, 0.4) is 0 Å². The first-order chi connectivity index (χ1) is 6.27. The predicted molar refractivity (Wildman–Crippen MR) is 59.6 cm³/mol. The van der Waals surface area contributed by atoms with E-state index in [4.69, 9.17) is 5.11 Å². The van der Waals surface area contributed by atoms with Gasteiger partial charge in [0.05, 0.1) is 0 Å². The Balaban J connectivity index is 0.000000980. The Labute approximate surface area is 92.3 Å². The van der Waals surface area contributed by atoms with Gasteiger partial charge in [-0.1, -0.05) is 24.3 Å². The predicted octanol–water partition coefficient (Wildman–Crippen LogP) is 1.53. The highest BCUT2D eigenvalue weighted by Crippen LogP contribution is 2.12. The van der Waals surface area contributed by atoms with Crippen molar-refractivity contribution in [3.8, 4) is 0 Å². The summed E-state index contributed by atoms with van der Waals surface area (Å²) in [5.41, 5.74) is 0.0821. The number of aromatic nitrogens is 1. The fourth-order valence-corrected chi connectivity index (χ4v) is 1.20. The van der Waals surface area contributed by atoms with Crippen LogP contribution in [-0.2, 0) is 0 Å². The summed E-state index contributed by atoms with van der Waals surface area (Å²) in [6.45, 7) is 0. The molecule has 0 atom stereocenters. The molecule has 0 amide bonds. The third-order valence-corrected chi connectivity index (χ3v) is 1.85. The summed E-state index contributed by atoms with van der Waals surface area (Å²) in [6.07, 6.45) is 1.57. The Kier molecular flexibility index (Phi) is 4.70. The van der Waals surface area contributed by atoms with E-state index in [0.29, 0.717) is 0 Å². The molecule has 0 aliphatic carbocycles. The number of hydrogen-bond donors (Lipinski definition) is 1. The second-order valence-corrected chi connectivity index (χ2v) is 2.72. The molecule has 3 N–H and O–H groups in total. The van der Waals surface area contributed by atoms with Gasteiger partial charge in [0.1, 0.15) is 5.69 Å². The normalized spacial score (nSPS) is 8.80. The van der Waals surface area contributed by atoms with Gasteiger partial charge < -0.3 is 10.6 Å². The van der Waals surface area contributed by atoms with Gasteiger partial charge in [-0.3, -0.25) is 0 Å². The molecule has 1 aromatic heterocycles. The molecule has 1 aromatic carbocycles. The summed E-state index contributed by atoms with van der Waals surface area (Å²) in [6, 6.07) is 9.09. The van der Waals surface area contributed by atoms with Crippen LogP contribution in [0.4, 0.5) is 0 Å². The molecule has 0 spiro atoms. The first-order valence-electron chi connectivity index (χ1n) is 3.85. The van der Waals surface area contributed by atoms with E-state index in [9.17, 15) is 4.79 Å². The number of hydrogen-bond acceptors (Lipinski definition) is 2. The maximum Gasteiger partial charge on any atom is 0.354 e. The third kappa shape index (κ3) is 2.65. The van der Waals surface area contributed by atoms with Crippen molar-refractivity contribution in [1.82, 2.24) is 4.98 Å². The molecule has 15 heavy (non-hydrogen) atoms. The molecule has 0 aliphatic heterocycles. The molecule has 0 radical (unpaired) electrons. The molecule has 0 aliphatic rings. The summed E-state index contributed by atoms with van der Waals surface area (Å²) in [5.74, 6) is -0.995. The minimum absolute atomic E-state index is 0. The molecule has 80 valence electrons. The standard InChI is InChI=1S/C10H7NO2.ClH.H2O/c12-10(13)9-5-7-3-1-2-4-8(7)6-11-9;;/h1-6H,(H,12,13);1H;1H2. The number of pyridine rings is 1. The van der Waals surface area contributed by atoms with Gasteiger partial charge in [-0.05, 0) is 11.5 Å². The zero-order chi connectivity index (χ0) is 9.26. The first-order valence-corrected chi connectivity index (χ1v) is 3.85. The number of carboxylic acids is 1. The van der Waals surface area contributed by atoms with Crippen LogP contribution >= 0.6 is 12.4 Å². The Hall–Kier alpha value is -1.65. The molecular formula is C10H10ClNO3. The summed E-state index contributed by atoms with van der Waals surface area (Å²) < 4.78 is 0. The monoisotopic (exact) mass is 227 g/mol. The van der Waals surface area contributed by atoms with Gasteiger partial charge in [-0.25, -0.2) is 9.78 Å². The quantitative estimate of drug-likeness (QED) is 0.802. The molecule has 0 saturated heterocycles. The van der Waals surface area contributed by atoms with Crippen LogP contribution in [-0.4, -0.2) is 21.5 Å². The Morgan fingerprint density at radius 3 is 2.40 bits per heavy atom. The van der Waals surface area contributed by atoms with Crippen LogP contribution in [0.2, 0.25) is 0 Å². The van der Waals surface area contributed by atoms with Crippen LogP contribution in [0.1, 0.15) is 10.5 Å². The highest BCUT2D eigenvalue weighted by atomic mass is 35.5. The van der Waals surface area contributed by atoms with Gasteiger partial charge in [0.2, 0.25) is 0 Å². The maximum atomic E-state index is 10.6. The fourth-order valence-electron chi connectivity index (χ4n) is 1.20. The van der Waals surface area contributed by atoms with E-state index < -0.39 is 5.97 Å². The van der Waals surface area contributed by atoms with Gasteiger partial charge in [0.25, 0.3) is 0 Å². The topological polar surface area (TPSA) is 81.7 Å². The number of halogens is 1. The summed E-state index contributed by atoms with van der Waals surface area (Å²) >= 11 is 0. The highest BCUT2D eigenvalue weighted by molar-refractivity contribution is 5.91. The second kappa shape index (κ2) is 5.29. The Bertz CT molecular complexity index is 473. The SMILES string of the molecule is Cl.O.O=C(O)c1cc2ccccc2cn1. The average molecular weight is 228 g/mol. The lowest BCUT2D eigenvalue weighted by Crippen LogP contribution is -1.98. The Morgan fingerprint density at radius 1 is 1.20 bits per heavy atom. The summed E-state index contributed by atoms with van der Waals surface area (Å²) in [5, 5.41) is 10.5. The van der Waals surface area contributed by atoms with Gasteiger partial charge >= 0.3 is 5.97 Å². The van der Waals surface area contributed by atoms with E-state index in [2.05, 4.69) is 4.98 Å². The third-order valence-electron chi connectivity index (χ3n) is 1.85. The molecule has 0 fully saturated rings. The van der Waals surface area contributed by atoms with Gasteiger partial charge in [0.15, 0.2) is 0 Å². The molecular weight excluding hydrogens is 218 g/mol. The number of carboxylic acid groups (broad SMARTS) is 1. The van der Waals surface area contributed by atoms with E-state index in [1.54, 1.807) is 12.3 Å². The molecule has 2 rings (SSSR count). The number of carbonyl (C=O) groups is 1. The van der Waals surface area contributed by atoms with Crippen molar-refractivity contribution in [3.05, 3.63) is 42.2 Å². The minimum Gasteiger partial charge on any atom is -0.477 e. The van der Waals surface area contributed by atoms with Crippen LogP contribution in [0.15, 0.2) is 36.5 Å². The summed E-state index contributed by atoms with van der Waals surface area (Å²) in [4.78, 5) is 14.4. The number of fused-ring (bicyclic) bond motifs is 1. The van der Waals surface area contributed by atoms with Gasteiger partial charge in [-0.2, -0.15) is 0 Å². The van der Waals surface area contributed by atoms with Crippen molar-refractivity contribution in [2.75, 3.05) is 0 Å². The first kappa shape index (κ1) is 13.4. The van der Waals surface area contributed by atoms with E-state index >= 15 is 0 Å². The fraction of sp³-hybridized carbons (Fsp3) is 0. The number of aromatic carboxylic acids is 1. The van der Waals surface area contributed by atoms with Crippen molar-refractivity contribution in [3.63, 3.8) is 0 Å². The zero-order valence-electron chi connectivity index (χ0n) is 7.68. The summed E-state index contributed by atoms with van der Waals surface area (Å²) in [7, 11) is 0. The zero-order valence-corrected chi connectivity index (χ0v) is 8.49. The van der Waals surface area contributed by atoms with Crippen LogP contribution in [0.25, 0.3) is 10.8 Å². The largest absolute Gasteiger partial charge is 0.477 e. The van der Waals surface area contributed by atoms with Crippen molar-refractivity contribution < 1.29 is 15.4 Å². The smallest absolute Gasteiger partial charge is 0.354 e. The highest BCUT2D eigenvalue weighted by Gasteiger charge is 2.03. The van der Waals surface area contributed by atoms with Crippen LogP contribution in [0, 0.1) is 0 Å². The van der Waals surface area contributed by atoms with Gasteiger partial charge in [0, 0.05) is 11.6 Å². The van der Waals surface area contributed by atoms with Crippen LogP contribution < -0.4 is 0 Å². The van der Waals surface area contributed by atoms with Crippen molar-refractivity contribution in [2.24, 2.45) is 0 Å². The second-order valence-electron chi connectivity index (χ2n) is 2.72. The molecule has 0 unspecified atom stereocenters. The lowest BCUT2D eigenvalue weighted by Gasteiger charge is -1.97. The lowest BCUT2D eigenvalue weighted by atomic mass is 10.1. The number of nitrogens with zero attached hydrogens (tertiary/aromatic N) is 1. The molecule has 2 aromatic rings. The molecule has 5 heteroatoms. The lowest BCUT2D eigenvalue weighted by molar-refractivity contribution is 0.0690. The minimum atomic E-state index is -0.995. The van der Waals surface area contributed by atoms with Gasteiger partial charge in [-0.15, -0.1) is 12.4 Å². The van der Waals surface area contributed by atoms with E-state index in [-0.39, 0.29) is 23.6 Å². The van der Waals surface area contributed by atoms with Crippen LogP contribution in [0.5, 0.6) is 0 Å². The molecule has 4 nitrogen and oxygen atoms in total. The van der Waals surface area contributed by atoms with Crippen molar-refractivity contribution in [1.29, 1.82) is 0 Å². The van der Waals surface area contributed by atoms with E-state index in [0.717, 1.165) is 10.8 Å².